The molecule has 2 saturated heterocycles. The summed E-state index contributed by atoms with van der Waals surface area (Å²) in [5.41, 5.74) is 0. The zero-order valence-electron chi connectivity index (χ0n) is 22.5. The Morgan fingerprint density at radius 2 is 0.974 bits per heavy atom. The molecule has 0 bridgehead atoms. The summed E-state index contributed by atoms with van der Waals surface area (Å²) in [6.45, 7) is 3.65. The Morgan fingerprint density at radius 3 is 1.33 bits per heavy atom. The third kappa shape index (κ3) is 9.76. The Hall–Kier alpha value is -3.84. The van der Waals surface area contributed by atoms with E-state index in [2.05, 4.69) is 0 Å². The third-order valence-electron chi connectivity index (χ3n) is 6.09. The second-order valence-electron chi connectivity index (χ2n) is 9.28. The van der Waals surface area contributed by atoms with Crippen molar-refractivity contribution in [3.63, 3.8) is 0 Å². The predicted molar refractivity (Wildman–Crippen MR) is 131 cm³/mol. The number of unbranched alkanes of at least 4 members (excludes halogenated alkanes) is 2. The minimum atomic E-state index is -1.16. The second-order valence-corrected chi connectivity index (χ2v) is 9.28. The number of hydrogen-bond donors (Lipinski definition) is 0. The van der Waals surface area contributed by atoms with Gasteiger partial charge in [0.05, 0.1) is 0 Å². The van der Waals surface area contributed by atoms with Gasteiger partial charge in [0.2, 0.25) is 11.8 Å². The number of carbonyl (C=O) groups is 8. The summed E-state index contributed by atoms with van der Waals surface area (Å²) < 4.78 is 0. The molecule has 0 aromatic carbocycles. The maximum Gasteiger partial charge on any atom is 0.352 e. The minimum absolute atomic E-state index is 0.0788. The molecule has 0 spiro atoms. The Bertz CT molecular complexity index is 890. The summed E-state index contributed by atoms with van der Waals surface area (Å²) in [6, 6.07) is 0. The lowest BCUT2D eigenvalue weighted by Gasteiger charge is -2.24. The van der Waals surface area contributed by atoms with Crippen LogP contribution in [0.25, 0.3) is 0 Å². The van der Waals surface area contributed by atoms with Crippen LogP contribution >= 0.6 is 0 Å². The van der Waals surface area contributed by atoms with Crippen molar-refractivity contribution in [1.29, 1.82) is 0 Å². The van der Waals surface area contributed by atoms with Crippen molar-refractivity contribution in [2.24, 2.45) is 0 Å². The number of nitrogens with zero attached hydrogens (tertiary/aromatic N) is 4. The Kier molecular flexibility index (Phi) is 12.5. The summed E-state index contributed by atoms with van der Waals surface area (Å²) in [6.07, 6.45) is 3.09. The molecule has 14 heteroatoms. The number of rotatable bonds is 16. The van der Waals surface area contributed by atoms with Gasteiger partial charge in [-0.05, 0) is 19.3 Å². The molecule has 0 N–H and O–H groups in total. The van der Waals surface area contributed by atoms with E-state index in [1.165, 1.54) is 0 Å². The molecule has 0 radical (unpaired) electrons. The van der Waals surface area contributed by atoms with Gasteiger partial charge in [-0.3, -0.25) is 28.8 Å². The molecule has 2 rings (SSSR count). The van der Waals surface area contributed by atoms with Gasteiger partial charge in [0, 0.05) is 51.6 Å². The highest BCUT2D eigenvalue weighted by molar-refractivity contribution is 6.02. The lowest BCUT2D eigenvalue weighted by atomic mass is 10.1. The van der Waals surface area contributed by atoms with Gasteiger partial charge in [-0.2, -0.15) is 0 Å². The summed E-state index contributed by atoms with van der Waals surface area (Å²) in [5, 5.41) is 0.621. The van der Waals surface area contributed by atoms with Crippen molar-refractivity contribution in [2.45, 2.75) is 84.5 Å². The van der Waals surface area contributed by atoms with E-state index >= 15 is 0 Å². The lowest BCUT2D eigenvalue weighted by molar-refractivity contribution is -0.201. The molecule has 2 fully saturated rings. The van der Waals surface area contributed by atoms with Crippen molar-refractivity contribution in [1.82, 2.24) is 19.9 Å². The third-order valence-corrected chi connectivity index (χ3v) is 6.09. The molecule has 39 heavy (non-hydrogen) atoms. The predicted octanol–water partition coefficient (Wildman–Crippen LogP) is 0.629. The molecule has 2 aliphatic heterocycles. The number of hydroxylamine groups is 4. The standard InChI is InChI=1S/C25H36N4O10/c1-3-5-14-26(15-6-4-2)18(30)8-7-9-19(31)27(16-24(36)38-28-20(32)10-11-21(28)33)17-25(37)39-29-22(34)12-13-23(29)35/h3-17H2,1-2H3. The van der Waals surface area contributed by atoms with Crippen LogP contribution in [0.15, 0.2) is 0 Å². The SMILES string of the molecule is CCCCN(CCCC)C(=O)CCCC(=O)N(CC(=O)ON1C(=O)CCC1=O)CC(=O)ON1C(=O)CCC1=O. The van der Waals surface area contributed by atoms with Crippen molar-refractivity contribution >= 4 is 47.4 Å². The van der Waals surface area contributed by atoms with Crippen molar-refractivity contribution in [3.8, 4) is 0 Å². The van der Waals surface area contributed by atoms with Crippen LogP contribution in [-0.4, -0.2) is 93.5 Å². The molecule has 0 aliphatic carbocycles. The van der Waals surface area contributed by atoms with Crippen LogP contribution in [0.4, 0.5) is 0 Å². The normalized spacial score (nSPS) is 15.1. The minimum Gasteiger partial charge on any atom is -0.343 e. The molecule has 0 aromatic heterocycles. The maximum atomic E-state index is 12.9. The number of imide groups is 2. The van der Waals surface area contributed by atoms with E-state index in [0.29, 0.717) is 23.2 Å². The van der Waals surface area contributed by atoms with Gasteiger partial charge in [-0.25, -0.2) is 9.59 Å². The fourth-order valence-corrected chi connectivity index (χ4v) is 3.89. The fraction of sp³-hybridized carbons (Fsp3) is 0.680. The van der Waals surface area contributed by atoms with Gasteiger partial charge < -0.3 is 19.5 Å². The topological polar surface area (TPSA) is 168 Å². The van der Waals surface area contributed by atoms with E-state index in [4.69, 9.17) is 9.68 Å². The Balaban J connectivity index is 2.00. The molecule has 2 heterocycles. The first-order valence-electron chi connectivity index (χ1n) is 13.3. The lowest BCUT2D eigenvalue weighted by Crippen LogP contribution is -2.44. The van der Waals surface area contributed by atoms with Crippen LogP contribution in [-0.2, 0) is 48.0 Å². The van der Waals surface area contributed by atoms with Gasteiger partial charge in [0.25, 0.3) is 23.6 Å². The largest absolute Gasteiger partial charge is 0.352 e. The number of amides is 6. The van der Waals surface area contributed by atoms with Gasteiger partial charge in [-0.1, -0.05) is 26.7 Å². The molecule has 14 nitrogen and oxygen atoms in total. The van der Waals surface area contributed by atoms with Gasteiger partial charge >= 0.3 is 11.9 Å². The summed E-state index contributed by atoms with van der Waals surface area (Å²) in [5.74, 6) is -5.99. The zero-order valence-corrected chi connectivity index (χ0v) is 22.5. The van der Waals surface area contributed by atoms with E-state index in [0.717, 1.165) is 30.6 Å². The molecule has 6 amide bonds. The quantitative estimate of drug-likeness (QED) is 0.248. The van der Waals surface area contributed by atoms with E-state index in [1.807, 2.05) is 13.8 Å². The van der Waals surface area contributed by atoms with Crippen LogP contribution in [0.3, 0.4) is 0 Å². The first-order valence-corrected chi connectivity index (χ1v) is 13.3. The van der Waals surface area contributed by atoms with Gasteiger partial charge in [0.1, 0.15) is 13.1 Å². The van der Waals surface area contributed by atoms with Crippen LogP contribution in [0.5, 0.6) is 0 Å². The molecule has 0 aromatic rings. The molecule has 2 aliphatic rings. The maximum absolute atomic E-state index is 12.9. The first kappa shape index (κ1) is 31.4. The Morgan fingerprint density at radius 1 is 0.615 bits per heavy atom. The van der Waals surface area contributed by atoms with Crippen molar-refractivity contribution < 1.29 is 48.0 Å². The molecular formula is C25H36N4O10. The van der Waals surface area contributed by atoms with Crippen molar-refractivity contribution in [3.05, 3.63) is 0 Å². The number of carbonyl (C=O) groups excluding carboxylic acids is 8. The van der Waals surface area contributed by atoms with Crippen molar-refractivity contribution in [2.75, 3.05) is 26.2 Å². The van der Waals surface area contributed by atoms with E-state index in [9.17, 15) is 38.4 Å². The zero-order chi connectivity index (χ0) is 28.9. The molecule has 216 valence electrons. The highest BCUT2D eigenvalue weighted by Crippen LogP contribution is 2.15. The summed E-state index contributed by atoms with van der Waals surface area (Å²) in [4.78, 5) is 109. The second kappa shape index (κ2) is 15.5. The van der Waals surface area contributed by atoms with Crippen LogP contribution in [0.2, 0.25) is 0 Å². The highest BCUT2D eigenvalue weighted by Gasteiger charge is 2.35. The molecule has 0 atom stereocenters. The Labute approximate surface area is 226 Å². The first-order chi connectivity index (χ1) is 18.6. The average Bonchev–Trinajstić information content (AvgIpc) is 3.38. The van der Waals surface area contributed by atoms with E-state index in [-0.39, 0.29) is 50.9 Å². The average molecular weight is 553 g/mol. The number of hydrogen-bond acceptors (Lipinski definition) is 10. The monoisotopic (exact) mass is 552 g/mol. The van der Waals surface area contributed by atoms with Gasteiger partial charge in [-0.15, -0.1) is 10.1 Å². The van der Waals surface area contributed by atoms with Gasteiger partial charge in [0.15, 0.2) is 0 Å². The fourth-order valence-electron chi connectivity index (χ4n) is 3.89. The van der Waals surface area contributed by atoms with E-state index in [1.54, 1.807) is 4.90 Å². The summed E-state index contributed by atoms with van der Waals surface area (Å²) >= 11 is 0. The van der Waals surface area contributed by atoms with E-state index < -0.39 is 54.6 Å². The highest BCUT2D eigenvalue weighted by atomic mass is 16.7. The molecule has 0 saturated carbocycles. The van der Waals surface area contributed by atoms with Crippen LogP contribution in [0.1, 0.15) is 84.5 Å². The summed E-state index contributed by atoms with van der Waals surface area (Å²) in [7, 11) is 0. The van der Waals surface area contributed by atoms with Crippen LogP contribution in [0, 0.1) is 0 Å². The molecule has 0 unspecified atom stereocenters. The van der Waals surface area contributed by atoms with Crippen LogP contribution < -0.4 is 0 Å². The smallest absolute Gasteiger partial charge is 0.343 e. The molecular weight excluding hydrogens is 516 g/mol.